The van der Waals surface area contributed by atoms with Crippen LogP contribution < -0.4 is 10.6 Å². The monoisotopic (exact) mass is 281 g/mol. The van der Waals surface area contributed by atoms with Crippen molar-refractivity contribution in [3.8, 4) is 0 Å². The minimum atomic E-state index is 0.438. The van der Waals surface area contributed by atoms with E-state index in [0.717, 1.165) is 43.1 Å². The maximum absolute atomic E-state index is 5.87. The predicted octanol–water partition coefficient (Wildman–Crippen LogP) is 0.893. The summed E-state index contributed by atoms with van der Waals surface area (Å²) in [4.78, 5) is 5.22. The Hall–Kier alpha value is -1.14. The highest BCUT2D eigenvalue weighted by molar-refractivity contribution is 7.80. The van der Waals surface area contributed by atoms with E-state index < -0.39 is 0 Å². The molecule has 0 spiro atoms. The zero-order chi connectivity index (χ0) is 14.2. The molecule has 1 aromatic heterocycles. The number of piperazine rings is 1. The van der Waals surface area contributed by atoms with Crippen molar-refractivity contribution in [2.75, 3.05) is 31.6 Å². The second kappa shape index (κ2) is 5.46. The number of aryl methyl sites for hydroxylation is 2. The van der Waals surface area contributed by atoms with Crippen molar-refractivity contribution in [2.24, 2.45) is 12.8 Å². The second-order valence-electron chi connectivity index (χ2n) is 5.26. The van der Waals surface area contributed by atoms with E-state index in [4.69, 9.17) is 18.0 Å². The normalized spacial score (nSPS) is 20.8. The molecule has 1 aliphatic heterocycles. The number of nitrogens with zero attached hydrogens (tertiary/aromatic N) is 4. The Balaban J connectivity index is 2.34. The van der Waals surface area contributed by atoms with Crippen LogP contribution in [0.3, 0.4) is 0 Å². The van der Waals surface area contributed by atoms with E-state index >= 15 is 0 Å². The molecule has 0 aliphatic carbocycles. The van der Waals surface area contributed by atoms with Crippen LogP contribution in [0.4, 0.5) is 5.82 Å². The summed E-state index contributed by atoms with van der Waals surface area (Å²) in [6, 6.07) is 0.572. The van der Waals surface area contributed by atoms with Crippen LogP contribution in [0, 0.1) is 6.92 Å². The SMILES string of the molecule is CCC1CN(c2c(C(N)=S)c(C)nn2C)CCN1C. The molecule has 1 saturated heterocycles. The maximum Gasteiger partial charge on any atom is 0.137 e. The first-order valence-electron chi connectivity index (χ1n) is 6.74. The van der Waals surface area contributed by atoms with Crippen molar-refractivity contribution in [1.82, 2.24) is 14.7 Å². The van der Waals surface area contributed by atoms with Gasteiger partial charge in [-0.1, -0.05) is 19.1 Å². The Morgan fingerprint density at radius 1 is 1.42 bits per heavy atom. The Morgan fingerprint density at radius 3 is 2.68 bits per heavy atom. The molecule has 0 bridgehead atoms. The molecule has 2 rings (SSSR count). The molecular formula is C13H23N5S. The number of anilines is 1. The van der Waals surface area contributed by atoms with E-state index in [1.165, 1.54) is 0 Å². The molecule has 6 heteroatoms. The van der Waals surface area contributed by atoms with Gasteiger partial charge in [0, 0.05) is 32.7 Å². The van der Waals surface area contributed by atoms with Crippen molar-refractivity contribution in [3.63, 3.8) is 0 Å². The third-order valence-electron chi connectivity index (χ3n) is 3.99. The van der Waals surface area contributed by atoms with Gasteiger partial charge in [0.25, 0.3) is 0 Å². The summed E-state index contributed by atoms with van der Waals surface area (Å²) in [5.74, 6) is 1.07. The smallest absolute Gasteiger partial charge is 0.137 e. The fraction of sp³-hybridized carbons (Fsp3) is 0.692. The lowest BCUT2D eigenvalue weighted by atomic mass is 10.1. The van der Waals surface area contributed by atoms with Gasteiger partial charge in [0.05, 0.1) is 11.3 Å². The van der Waals surface area contributed by atoms with Crippen LogP contribution in [0.25, 0.3) is 0 Å². The summed E-state index contributed by atoms with van der Waals surface area (Å²) in [5.41, 5.74) is 7.71. The van der Waals surface area contributed by atoms with Gasteiger partial charge < -0.3 is 10.6 Å². The summed E-state index contributed by atoms with van der Waals surface area (Å²) in [7, 11) is 4.15. The maximum atomic E-state index is 5.87. The fourth-order valence-corrected chi connectivity index (χ4v) is 3.12. The molecule has 0 saturated carbocycles. The van der Waals surface area contributed by atoms with Gasteiger partial charge >= 0.3 is 0 Å². The summed E-state index contributed by atoms with van der Waals surface area (Å²) < 4.78 is 1.90. The van der Waals surface area contributed by atoms with Gasteiger partial charge in [-0.3, -0.25) is 9.58 Å². The number of hydrogen-bond acceptors (Lipinski definition) is 4. The molecule has 2 N–H and O–H groups in total. The highest BCUT2D eigenvalue weighted by atomic mass is 32.1. The zero-order valence-corrected chi connectivity index (χ0v) is 13.0. The summed E-state index contributed by atoms with van der Waals surface area (Å²) in [6.07, 6.45) is 1.15. The summed E-state index contributed by atoms with van der Waals surface area (Å²) >= 11 is 5.19. The Bertz CT molecular complexity index is 482. The van der Waals surface area contributed by atoms with Gasteiger partial charge in [0.15, 0.2) is 0 Å². The highest BCUT2D eigenvalue weighted by Gasteiger charge is 2.28. The fourth-order valence-electron chi connectivity index (χ4n) is 2.88. The third kappa shape index (κ3) is 2.60. The van der Waals surface area contributed by atoms with E-state index in [1.54, 1.807) is 0 Å². The molecule has 5 nitrogen and oxygen atoms in total. The first-order chi connectivity index (χ1) is 8.95. The number of aromatic nitrogens is 2. The highest BCUT2D eigenvalue weighted by Crippen LogP contribution is 2.25. The summed E-state index contributed by atoms with van der Waals surface area (Å²) in [6.45, 7) is 7.24. The van der Waals surface area contributed by atoms with E-state index in [1.807, 2.05) is 18.7 Å². The predicted molar refractivity (Wildman–Crippen MR) is 82.8 cm³/mol. The van der Waals surface area contributed by atoms with Gasteiger partial charge in [-0.2, -0.15) is 5.10 Å². The molecule has 1 atom stereocenters. The van der Waals surface area contributed by atoms with Crippen LogP contribution in [-0.2, 0) is 7.05 Å². The van der Waals surface area contributed by atoms with Crippen LogP contribution in [0.15, 0.2) is 0 Å². The van der Waals surface area contributed by atoms with Crippen LogP contribution >= 0.6 is 12.2 Å². The topological polar surface area (TPSA) is 50.3 Å². The van der Waals surface area contributed by atoms with Gasteiger partial charge in [-0.25, -0.2) is 0 Å². The molecule has 2 heterocycles. The molecule has 106 valence electrons. The molecule has 1 unspecified atom stereocenters. The zero-order valence-electron chi connectivity index (χ0n) is 12.2. The Kier molecular flexibility index (Phi) is 4.10. The lowest BCUT2D eigenvalue weighted by molar-refractivity contribution is 0.212. The molecule has 1 fully saturated rings. The molecule has 0 radical (unpaired) electrons. The number of rotatable bonds is 3. The van der Waals surface area contributed by atoms with Crippen LogP contribution in [0.2, 0.25) is 0 Å². The van der Waals surface area contributed by atoms with Crippen LogP contribution in [0.5, 0.6) is 0 Å². The first-order valence-corrected chi connectivity index (χ1v) is 7.15. The Morgan fingerprint density at radius 2 is 2.11 bits per heavy atom. The van der Waals surface area contributed by atoms with Crippen molar-refractivity contribution < 1.29 is 0 Å². The quantitative estimate of drug-likeness (QED) is 0.834. The van der Waals surface area contributed by atoms with Gasteiger partial charge in [-0.05, 0) is 20.4 Å². The molecule has 19 heavy (non-hydrogen) atoms. The molecule has 1 aliphatic rings. The average Bonchev–Trinajstić information content (AvgIpc) is 2.65. The average molecular weight is 281 g/mol. The minimum Gasteiger partial charge on any atom is -0.389 e. The second-order valence-corrected chi connectivity index (χ2v) is 5.70. The van der Waals surface area contributed by atoms with Gasteiger partial charge in [0.2, 0.25) is 0 Å². The van der Waals surface area contributed by atoms with Crippen LogP contribution in [0.1, 0.15) is 24.6 Å². The summed E-state index contributed by atoms with van der Waals surface area (Å²) in [5, 5.41) is 4.47. The number of hydrogen-bond donors (Lipinski definition) is 1. The Labute approximate surface area is 120 Å². The van der Waals surface area contributed by atoms with E-state index in [2.05, 4.69) is 28.9 Å². The minimum absolute atomic E-state index is 0.438. The molecule has 0 aromatic carbocycles. The lowest BCUT2D eigenvalue weighted by Gasteiger charge is -2.40. The van der Waals surface area contributed by atoms with E-state index in [-0.39, 0.29) is 0 Å². The molecule has 0 amide bonds. The van der Waals surface area contributed by atoms with E-state index in [0.29, 0.717) is 11.0 Å². The number of thiocarbonyl (C=S) groups is 1. The van der Waals surface area contributed by atoms with Crippen molar-refractivity contribution in [2.45, 2.75) is 26.3 Å². The third-order valence-corrected chi connectivity index (χ3v) is 4.19. The van der Waals surface area contributed by atoms with Crippen molar-refractivity contribution in [1.29, 1.82) is 0 Å². The standard InChI is InChI=1S/C13H23N5S/c1-5-10-8-18(7-6-16(10)3)13-11(12(14)19)9(2)15-17(13)4/h10H,5-8H2,1-4H3,(H2,14,19). The van der Waals surface area contributed by atoms with Crippen molar-refractivity contribution in [3.05, 3.63) is 11.3 Å². The van der Waals surface area contributed by atoms with Gasteiger partial charge in [0.1, 0.15) is 10.8 Å². The molecular weight excluding hydrogens is 258 g/mol. The number of nitrogens with two attached hydrogens (primary N) is 1. The number of likely N-dealkylation sites (N-methyl/N-ethyl adjacent to an activating group) is 1. The van der Waals surface area contributed by atoms with Gasteiger partial charge in [-0.15, -0.1) is 0 Å². The largest absolute Gasteiger partial charge is 0.389 e. The van der Waals surface area contributed by atoms with Crippen molar-refractivity contribution >= 4 is 23.0 Å². The van der Waals surface area contributed by atoms with E-state index in [9.17, 15) is 0 Å². The van der Waals surface area contributed by atoms with Crippen LogP contribution in [-0.4, -0.2) is 52.4 Å². The lowest BCUT2D eigenvalue weighted by Crippen LogP contribution is -2.52. The first kappa shape index (κ1) is 14.3. The molecule has 1 aromatic rings.